The van der Waals surface area contributed by atoms with E-state index in [0.717, 1.165) is 58.4 Å². The molecule has 4 rings (SSSR count). The lowest BCUT2D eigenvalue weighted by Crippen LogP contribution is -2.47. The number of ether oxygens (including phenoxy) is 1. The molecule has 0 aromatic heterocycles. The minimum Gasteiger partial charge on any atom is -0.462 e. The molecule has 4 nitrogen and oxygen atoms in total. The lowest BCUT2D eigenvalue weighted by Gasteiger charge is -2.36. The number of hydrogen-bond donors (Lipinski definition) is 0. The lowest BCUT2D eigenvalue weighted by atomic mass is 9.72. The fraction of sp³-hybridized carbons (Fsp3) is 0.682. The minimum absolute atomic E-state index is 0.103. The molecule has 0 bridgehead atoms. The number of carbonyl (C=O) groups is 1. The van der Waals surface area contributed by atoms with Gasteiger partial charge in [0, 0.05) is 44.8 Å². The van der Waals surface area contributed by atoms with E-state index in [1.54, 1.807) is 0 Å². The zero-order valence-corrected chi connectivity index (χ0v) is 16.1. The van der Waals surface area contributed by atoms with Crippen LogP contribution in [0.5, 0.6) is 0 Å². The first-order valence-corrected chi connectivity index (χ1v) is 10.4. The van der Waals surface area contributed by atoms with Crippen LogP contribution in [0.1, 0.15) is 50.5 Å². The van der Waals surface area contributed by atoms with Crippen LogP contribution in [0.2, 0.25) is 0 Å². The van der Waals surface area contributed by atoms with Crippen molar-refractivity contribution in [1.82, 2.24) is 4.90 Å². The van der Waals surface area contributed by atoms with Gasteiger partial charge in [-0.3, -0.25) is 9.69 Å². The molecule has 3 aliphatic rings. The third kappa shape index (κ3) is 3.75. The summed E-state index contributed by atoms with van der Waals surface area (Å²) in [6, 6.07) is 8.84. The summed E-state index contributed by atoms with van der Waals surface area (Å²) < 4.78 is 5.77. The van der Waals surface area contributed by atoms with Gasteiger partial charge in [0.2, 0.25) is 0 Å². The van der Waals surface area contributed by atoms with Crippen molar-refractivity contribution in [2.45, 2.75) is 58.0 Å². The van der Waals surface area contributed by atoms with Crippen molar-refractivity contribution >= 4 is 11.7 Å². The Labute approximate surface area is 157 Å². The molecule has 1 unspecified atom stereocenters. The second-order valence-corrected chi connectivity index (χ2v) is 8.53. The van der Waals surface area contributed by atoms with Crippen LogP contribution < -0.4 is 4.90 Å². The van der Waals surface area contributed by atoms with E-state index in [4.69, 9.17) is 4.74 Å². The van der Waals surface area contributed by atoms with Crippen LogP contribution in [-0.4, -0.2) is 49.7 Å². The highest BCUT2D eigenvalue weighted by atomic mass is 16.6. The SMILES string of the molecule is Cc1ccc(N2CCN(CCC3CC4(CCCCC4)C(=O)O3)CC2)cc1. The maximum absolute atomic E-state index is 12.4. The summed E-state index contributed by atoms with van der Waals surface area (Å²) in [7, 11) is 0. The molecule has 1 spiro atoms. The maximum atomic E-state index is 12.4. The van der Waals surface area contributed by atoms with Crippen molar-refractivity contribution in [2.24, 2.45) is 5.41 Å². The van der Waals surface area contributed by atoms with E-state index in [9.17, 15) is 4.79 Å². The molecule has 1 aromatic rings. The van der Waals surface area contributed by atoms with Gasteiger partial charge in [-0.05, 0) is 38.3 Å². The first-order chi connectivity index (χ1) is 12.6. The summed E-state index contributed by atoms with van der Waals surface area (Å²) in [5, 5.41) is 0. The number of hydrogen-bond acceptors (Lipinski definition) is 4. The molecule has 0 N–H and O–H groups in total. The van der Waals surface area contributed by atoms with Crippen molar-refractivity contribution in [3.05, 3.63) is 29.8 Å². The van der Waals surface area contributed by atoms with Crippen LogP contribution in [0, 0.1) is 12.3 Å². The van der Waals surface area contributed by atoms with Crippen LogP contribution in [0.15, 0.2) is 24.3 Å². The van der Waals surface area contributed by atoms with Crippen molar-refractivity contribution < 1.29 is 9.53 Å². The smallest absolute Gasteiger partial charge is 0.312 e. The van der Waals surface area contributed by atoms with E-state index in [0.29, 0.717) is 0 Å². The van der Waals surface area contributed by atoms with Gasteiger partial charge in [-0.2, -0.15) is 0 Å². The van der Waals surface area contributed by atoms with Gasteiger partial charge in [0.1, 0.15) is 6.10 Å². The summed E-state index contributed by atoms with van der Waals surface area (Å²) >= 11 is 0. The van der Waals surface area contributed by atoms with Crippen LogP contribution >= 0.6 is 0 Å². The van der Waals surface area contributed by atoms with E-state index >= 15 is 0 Å². The highest BCUT2D eigenvalue weighted by Gasteiger charge is 2.48. The van der Waals surface area contributed by atoms with Crippen LogP contribution in [0.3, 0.4) is 0 Å². The predicted molar refractivity (Wildman–Crippen MR) is 104 cm³/mol. The Bertz CT molecular complexity index is 614. The van der Waals surface area contributed by atoms with E-state index in [-0.39, 0.29) is 17.5 Å². The Kier molecular flexibility index (Phi) is 5.21. The number of anilines is 1. The molecule has 4 heteroatoms. The molecule has 26 heavy (non-hydrogen) atoms. The van der Waals surface area contributed by atoms with Crippen molar-refractivity contribution in [2.75, 3.05) is 37.6 Å². The molecule has 2 heterocycles. The summed E-state index contributed by atoms with van der Waals surface area (Å²) in [4.78, 5) is 17.4. The molecule has 142 valence electrons. The molecular formula is C22H32N2O2. The fourth-order valence-corrected chi connectivity index (χ4v) is 4.95. The normalized spacial score (nSPS) is 26.3. The summed E-state index contributed by atoms with van der Waals surface area (Å²) in [5.74, 6) is 0.103. The largest absolute Gasteiger partial charge is 0.462 e. The molecule has 2 aliphatic heterocycles. The van der Waals surface area contributed by atoms with E-state index < -0.39 is 0 Å². The van der Waals surface area contributed by atoms with Gasteiger partial charge in [0.25, 0.3) is 0 Å². The number of esters is 1. The monoisotopic (exact) mass is 356 g/mol. The Morgan fingerprint density at radius 3 is 2.42 bits per heavy atom. The third-order valence-corrected chi connectivity index (χ3v) is 6.67. The second-order valence-electron chi connectivity index (χ2n) is 8.53. The van der Waals surface area contributed by atoms with Crippen molar-refractivity contribution in [3.8, 4) is 0 Å². The number of aryl methyl sites for hydroxylation is 1. The highest BCUT2D eigenvalue weighted by Crippen LogP contribution is 2.46. The average molecular weight is 357 g/mol. The minimum atomic E-state index is -0.118. The second kappa shape index (κ2) is 7.59. The first kappa shape index (κ1) is 17.8. The topological polar surface area (TPSA) is 32.8 Å². The lowest BCUT2D eigenvalue weighted by molar-refractivity contribution is -0.150. The summed E-state index contributed by atoms with van der Waals surface area (Å²) in [6.45, 7) is 7.54. The van der Waals surface area contributed by atoms with Crippen LogP contribution in [0.4, 0.5) is 5.69 Å². The Morgan fingerprint density at radius 2 is 1.73 bits per heavy atom. The quantitative estimate of drug-likeness (QED) is 0.769. The van der Waals surface area contributed by atoms with Crippen LogP contribution in [0.25, 0.3) is 0 Å². The van der Waals surface area contributed by atoms with E-state index in [1.165, 1.54) is 30.5 Å². The zero-order valence-electron chi connectivity index (χ0n) is 16.1. The van der Waals surface area contributed by atoms with Crippen molar-refractivity contribution in [1.29, 1.82) is 0 Å². The molecule has 3 fully saturated rings. The summed E-state index contributed by atoms with van der Waals surface area (Å²) in [5.41, 5.74) is 2.53. The number of carbonyl (C=O) groups excluding carboxylic acids is 1. The average Bonchev–Trinajstić information content (AvgIpc) is 2.97. The van der Waals surface area contributed by atoms with Gasteiger partial charge in [0.05, 0.1) is 5.41 Å². The number of rotatable bonds is 4. The Balaban J connectivity index is 1.23. The van der Waals surface area contributed by atoms with Gasteiger partial charge in [-0.1, -0.05) is 37.0 Å². The molecule has 1 saturated carbocycles. The van der Waals surface area contributed by atoms with Gasteiger partial charge < -0.3 is 9.64 Å². The number of cyclic esters (lactones) is 1. The molecule has 1 aromatic carbocycles. The standard InChI is InChI=1S/C22H32N2O2/c1-18-5-7-19(8-6-18)24-15-13-23(14-16-24)12-9-20-17-22(21(25)26-20)10-3-2-4-11-22/h5-8,20H,2-4,9-17H2,1H3. The van der Waals surface area contributed by atoms with E-state index in [2.05, 4.69) is 41.0 Å². The maximum Gasteiger partial charge on any atom is 0.312 e. The molecule has 2 saturated heterocycles. The zero-order chi connectivity index (χ0) is 18.0. The third-order valence-electron chi connectivity index (χ3n) is 6.67. The molecule has 0 amide bonds. The number of piperazine rings is 1. The fourth-order valence-electron chi connectivity index (χ4n) is 4.95. The molecule has 0 radical (unpaired) electrons. The number of nitrogens with zero attached hydrogens (tertiary/aromatic N) is 2. The van der Waals surface area contributed by atoms with Gasteiger partial charge in [-0.25, -0.2) is 0 Å². The van der Waals surface area contributed by atoms with Crippen molar-refractivity contribution in [3.63, 3.8) is 0 Å². The first-order valence-electron chi connectivity index (χ1n) is 10.4. The Morgan fingerprint density at radius 1 is 1.04 bits per heavy atom. The molecular weight excluding hydrogens is 324 g/mol. The predicted octanol–water partition coefficient (Wildman–Crippen LogP) is 3.77. The Hall–Kier alpha value is -1.55. The molecule has 1 aliphatic carbocycles. The summed E-state index contributed by atoms with van der Waals surface area (Å²) in [6.07, 6.45) is 7.90. The van der Waals surface area contributed by atoms with Gasteiger partial charge in [-0.15, -0.1) is 0 Å². The highest BCUT2D eigenvalue weighted by molar-refractivity contribution is 5.79. The number of benzene rings is 1. The van der Waals surface area contributed by atoms with Gasteiger partial charge in [0.15, 0.2) is 0 Å². The molecule has 1 atom stereocenters. The van der Waals surface area contributed by atoms with E-state index in [1.807, 2.05) is 0 Å². The van der Waals surface area contributed by atoms with Crippen LogP contribution in [-0.2, 0) is 9.53 Å². The van der Waals surface area contributed by atoms with Gasteiger partial charge >= 0.3 is 5.97 Å².